The average Bonchev–Trinajstić information content (AvgIpc) is 2.52. The number of rotatable bonds is 1. The number of carbonyl (C=O) groups is 1. The standard InChI is InChI=1S/C9H8Cl2N2O/c10-6-4-12-5-7(11)9(6)13-3-1-2-8(13)14/h4-5H,1-3H2. The van der Waals surface area contributed by atoms with Crippen LogP contribution in [0.3, 0.4) is 0 Å². The highest BCUT2D eigenvalue weighted by Crippen LogP contribution is 2.34. The van der Waals surface area contributed by atoms with Gasteiger partial charge in [-0.15, -0.1) is 0 Å². The number of hydrogen-bond acceptors (Lipinski definition) is 2. The molecule has 0 aliphatic carbocycles. The van der Waals surface area contributed by atoms with Crippen LogP contribution in [-0.2, 0) is 4.79 Å². The molecule has 1 saturated heterocycles. The largest absolute Gasteiger partial charge is 0.310 e. The summed E-state index contributed by atoms with van der Waals surface area (Å²) in [6.45, 7) is 0.683. The molecule has 0 spiro atoms. The lowest BCUT2D eigenvalue weighted by atomic mass is 10.3. The second kappa shape index (κ2) is 3.75. The minimum absolute atomic E-state index is 0.0694. The normalized spacial score (nSPS) is 16.4. The molecule has 2 heterocycles. The maximum absolute atomic E-state index is 11.5. The van der Waals surface area contributed by atoms with Gasteiger partial charge in [0.05, 0.1) is 15.7 Å². The zero-order valence-corrected chi connectivity index (χ0v) is 8.85. The summed E-state index contributed by atoms with van der Waals surface area (Å²) in [6, 6.07) is 0. The molecule has 0 atom stereocenters. The van der Waals surface area contributed by atoms with Gasteiger partial charge < -0.3 is 4.90 Å². The highest BCUT2D eigenvalue weighted by molar-refractivity contribution is 6.39. The number of halogens is 2. The third-order valence-electron chi connectivity index (χ3n) is 2.17. The van der Waals surface area contributed by atoms with Crippen LogP contribution in [0.5, 0.6) is 0 Å². The molecule has 2 rings (SSSR count). The van der Waals surface area contributed by atoms with Gasteiger partial charge in [0.1, 0.15) is 0 Å². The Morgan fingerprint density at radius 1 is 1.29 bits per heavy atom. The van der Waals surface area contributed by atoms with E-state index in [2.05, 4.69) is 4.98 Å². The van der Waals surface area contributed by atoms with E-state index in [1.54, 1.807) is 4.90 Å². The third-order valence-corrected chi connectivity index (χ3v) is 2.72. The van der Waals surface area contributed by atoms with E-state index in [4.69, 9.17) is 23.2 Å². The van der Waals surface area contributed by atoms with Gasteiger partial charge in [-0.2, -0.15) is 0 Å². The first kappa shape index (κ1) is 9.74. The zero-order valence-electron chi connectivity index (χ0n) is 7.33. The summed E-state index contributed by atoms with van der Waals surface area (Å²) < 4.78 is 0. The van der Waals surface area contributed by atoms with Gasteiger partial charge in [-0.1, -0.05) is 23.2 Å². The van der Waals surface area contributed by atoms with Crippen molar-refractivity contribution in [3.8, 4) is 0 Å². The predicted octanol–water partition coefficient (Wildman–Crippen LogP) is 2.52. The topological polar surface area (TPSA) is 33.2 Å². The lowest BCUT2D eigenvalue weighted by Crippen LogP contribution is -2.24. The van der Waals surface area contributed by atoms with E-state index in [0.29, 0.717) is 28.7 Å². The molecular weight excluding hydrogens is 223 g/mol. The van der Waals surface area contributed by atoms with Gasteiger partial charge >= 0.3 is 0 Å². The van der Waals surface area contributed by atoms with Crippen LogP contribution in [0, 0.1) is 0 Å². The molecule has 1 aliphatic heterocycles. The molecule has 0 N–H and O–H groups in total. The molecule has 5 heteroatoms. The first-order valence-corrected chi connectivity index (χ1v) is 5.05. The van der Waals surface area contributed by atoms with E-state index in [1.807, 2.05) is 0 Å². The Labute approximate surface area is 91.6 Å². The number of nitrogens with zero attached hydrogens (tertiary/aromatic N) is 2. The fourth-order valence-corrected chi connectivity index (χ4v) is 2.12. The molecule has 1 aliphatic rings. The molecule has 0 unspecified atom stereocenters. The highest BCUT2D eigenvalue weighted by atomic mass is 35.5. The predicted molar refractivity (Wildman–Crippen MR) is 55.8 cm³/mol. The van der Waals surface area contributed by atoms with Crippen molar-refractivity contribution in [1.29, 1.82) is 0 Å². The quantitative estimate of drug-likeness (QED) is 0.743. The first-order valence-electron chi connectivity index (χ1n) is 4.29. The van der Waals surface area contributed by atoms with Crippen LogP contribution >= 0.6 is 23.2 Å². The SMILES string of the molecule is O=C1CCCN1c1c(Cl)cncc1Cl. The van der Waals surface area contributed by atoms with Crippen molar-refractivity contribution in [3.05, 3.63) is 22.4 Å². The van der Waals surface area contributed by atoms with E-state index >= 15 is 0 Å². The highest BCUT2D eigenvalue weighted by Gasteiger charge is 2.25. The lowest BCUT2D eigenvalue weighted by Gasteiger charge is -2.17. The van der Waals surface area contributed by atoms with Crippen LogP contribution < -0.4 is 4.90 Å². The van der Waals surface area contributed by atoms with Crippen molar-refractivity contribution in [1.82, 2.24) is 4.98 Å². The molecule has 0 bridgehead atoms. The fraction of sp³-hybridized carbons (Fsp3) is 0.333. The summed E-state index contributed by atoms with van der Waals surface area (Å²) >= 11 is 11.9. The summed E-state index contributed by atoms with van der Waals surface area (Å²) in [7, 11) is 0. The van der Waals surface area contributed by atoms with Gasteiger partial charge in [0.25, 0.3) is 0 Å². The second-order valence-electron chi connectivity index (χ2n) is 3.10. The van der Waals surface area contributed by atoms with Crippen LogP contribution in [0.2, 0.25) is 10.0 Å². The number of carbonyl (C=O) groups excluding carboxylic acids is 1. The second-order valence-corrected chi connectivity index (χ2v) is 3.92. The molecule has 1 aromatic rings. The van der Waals surface area contributed by atoms with Crippen molar-refractivity contribution < 1.29 is 4.79 Å². The zero-order chi connectivity index (χ0) is 10.1. The van der Waals surface area contributed by atoms with Crippen molar-refractivity contribution in [2.45, 2.75) is 12.8 Å². The van der Waals surface area contributed by atoms with Crippen LogP contribution in [-0.4, -0.2) is 17.4 Å². The number of hydrogen-bond donors (Lipinski definition) is 0. The number of aromatic nitrogens is 1. The molecule has 74 valence electrons. The number of amides is 1. The summed E-state index contributed by atoms with van der Waals surface area (Å²) in [4.78, 5) is 16.9. The smallest absolute Gasteiger partial charge is 0.227 e. The summed E-state index contributed by atoms with van der Waals surface area (Å²) in [5.74, 6) is 0.0694. The van der Waals surface area contributed by atoms with Crippen LogP contribution in [0.1, 0.15) is 12.8 Å². The molecule has 1 aromatic heterocycles. The maximum atomic E-state index is 11.5. The van der Waals surface area contributed by atoms with Gasteiger partial charge in [-0.3, -0.25) is 9.78 Å². The van der Waals surface area contributed by atoms with Gasteiger partial charge in [-0.25, -0.2) is 0 Å². The van der Waals surface area contributed by atoms with Gasteiger partial charge in [-0.05, 0) is 6.42 Å². The molecule has 3 nitrogen and oxygen atoms in total. The Hall–Kier alpha value is -0.800. The van der Waals surface area contributed by atoms with Crippen LogP contribution in [0.25, 0.3) is 0 Å². The van der Waals surface area contributed by atoms with E-state index in [-0.39, 0.29) is 5.91 Å². The molecule has 0 aromatic carbocycles. The van der Waals surface area contributed by atoms with Gasteiger partial charge in [0.2, 0.25) is 5.91 Å². The number of pyridine rings is 1. The minimum atomic E-state index is 0.0694. The molecular formula is C9H8Cl2N2O. The molecule has 0 saturated carbocycles. The van der Waals surface area contributed by atoms with Crippen molar-refractivity contribution in [2.24, 2.45) is 0 Å². The molecule has 1 fully saturated rings. The third kappa shape index (κ3) is 1.57. The lowest BCUT2D eigenvalue weighted by molar-refractivity contribution is -0.117. The first-order chi connectivity index (χ1) is 6.70. The van der Waals surface area contributed by atoms with Crippen molar-refractivity contribution >= 4 is 34.8 Å². The molecule has 0 radical (unpaired) electrons. The summed E-state index contributed by atoms with van der Waals surface area (Å²) in [5, 5.41) is 0.848. The Morgan fingerprint density at radius 3 is 2.43 bits per heavy atom. The Bertz CT molecular complexity index is 361. The van der Waals surface area contributed by atoms with E-state index in [1.165, 1.54) is 12.4 Å². The number of anilines is 1. The average molecular weight is 231 g/mol. The van der Waals surface area contributed by atoms with Gasteiger partial charge in [0.15, 0.2) is 0 Å². The molecule has 14 heavy (non-hydrogen) atoms. The van der Waals surface area contributed by atoms with Crippen molar-refractivity contribution in [3.63, 3.8) is 0 Å². The minimum Gasteiger partial charge on any atom is -0.310 e. The van der Waals surface area contributed by atoms with E-state index < -0.39 is 0 Å². The van der Waals surface area contributed by atoms with Crippen LogP contribution in [0.15, 0.2) is 12.4 Å². The summed E-state index contributed by atoms with van der Waals surface area (Å²) in [6.07, 6.45) is 4.41. The Morgan fingerprint density at radius 2 is 1.93 bits per heavy atom. The van der Waals surface area contributed by atoms with Crippen LogP contribution in [0.4, 0.5) is 5.69 Å². The fourth-order valence-electron chi connectivity index (χ4n) is 1.55. The van der Waals surface area contributed by atoms with E-state index in [9.17, 15) is 4.79 Å². The monoisotopic (exact) mass is 230 g/mol. The summed E-state index contributed by atoms with van der Waals surface area (Å²) in [5.41, 5.74) is 0.589. The Balaban J connectivity index is 2.44. The van der Waals surface area contributed by atoms with Crippen molar-refractivity contribution in [2.75, 3.05) is 11.4 Å². The maximum Gasteiger partial charge on any atom is 0.227 e. The molecule has 1 amide bonds. The Kier molecular flexibility index (Phi) is 2.61. The van der Waals surface area contributed by atoms with E-state index in [0.717, 1.165) is 6.42 Å². The van der Waals surface area contributed by atoms with Gasteiger partial charge in [0, 0.05) is 25.4 Å².